The normalized spacial score (nSPS) is 10.3. The van der Waals surface area contributed by atoms with Crippen molar-refractivity contribution in [2.24, 2.45) is 0 Å². The molecule has 1 heterocycles. The van der Waals surface area contributed by atoms with Crippen molar-refractivity contribution in [3.63, 3.8) is 0 Å². The number of carbonyl (C=O) groups excluding carboxylic acids is 1. The molecule has 0 aliphatic carbocycles. The number of ether oxygens (including phenoxy) is 1. The Labute approximate surface area is 112 Å². The number of nitrogens with zero attached hydrogens (tertiary/aromatic N) is 2. The molecule has 0 saturated heterocycles. The maximum absolute atomic E-state index is 11.5. The molecule has 0 spiro atoms. The summed E-state index contributed by atoms with van der Waals surface area (Å²) < 4.78 is 6.36. The van der Waals surface area contributed by atoms with Crippen molar-refractivity contribution >= 4 is 29.1 Å². The van der Waals surface area contributed by atoms with Crippen molar-refractivity contribution in [1.29, 1.82) is 5.41 Å². The number of esters is 1. The highest BCUT2D eigenvalue weighted by molar-refractivity contribution is 7.04. The zero-order valence-corrected chi connectivity index (χ0v) is 11.1. The Hall–Kier alpha value is -1.66. The second-order valence-corrected chi connectivity index (χ2v) is 4.72. The molecular formula is C11H10ClN3O2S. The summed E-state index contributed by atoms with van der Waals surface area (Å²) in [4.78, 5) is 11.5. The average molecular weight is 284 g/mol. The van der Waals surface area contributed by atoms with Crippen molar-refractivity contribution < 1.29 is 9.53 Å². The van der Waals surface area contributed by atoms with Gasteiger partial charge in [0.1, 0.15) is 0 Å². The molecule has 0 atom stereocenters. The highest BCUT2D eigenvalue weighted by Crippen LogP contribution is 2.15. The Kier molecular flexibility index (Phi) is 3.78. The molecule has 1 aromatic heterocycles. The van der Waals surface area contributed by atoms with Gasteiger partial charge in [0.15, 0.2) is 4.67 Å². The minimum absolute atomic E-state index is 0.0156. The molecule has 0 saturated carbocycles. The molecule has 0 bridgehead atoms. The zero-order valence-electron chi connectivity index (χ0n) is 9.51. The molecule has 1 N–H and O–H groups in total. The topological polar surface area (TPSA) is 68.0 Å². The number of aromatic nitrogens is 2. The third kappa shape index (κ3) is 2.60. The van der Waals surface area contributed by atoms with E-state index >= 15 is 0 Å². The van der Waals surface area contributed by atoms with E-state index in [1.807, 2.05) is 0 Å². The van der Waals surface area contributed by atoms with Gasteiger partial charge in [0.2, 0.25) is 5.69 Å². The van der Waals surface area contributed by atoms with E-state index in [0.717, 1.165) is 11.5 Å². The lowest BCUT2D eigenvalue weighted by atomic mass is 10.3. The van der Waals surface area contributed by atoms with Crippen LogP contribution < -0.4 is 4.67 Å². The SMILES string of the molecule is CCOC(=O)c1nn(-c2cccc(Cl)c2)sc1=N. The molecule has 0 fully saturated rings. The van der Waals surface area contributed by atoms with Crippen LogP contribution in [0.2, 0.25) is 5.02 Å². The van der Waals surface area contributed by atoms with Gasteiger partial charge in [-0.05, 0) is 36.7 Å². The van der Waals surface area contributed by atoms with E-state index < -0.39 is 5.97 Å². The van der Waals surface area contributed by atoms with Crippen molar-refractivity contribution in [2.45, 2.75) is 6.92 Å². The molecule has 7 heteroatoms. The molecule has 0 amide bonds. The summed E-state index contributed by atoms with van der Waals surface area (Å²) in [6, 6.07) is 7.02. The maximum Gasteiger partial charge on any atom is 0.362 e. The van der Waals surface area contributed by atoms with Gasteiger partial charge in [-0.25, -0.2) is 4.79 Å². The largest absolute Gasteiger partial charge is 0.461 e. The first-order valence-electron chi connectivity index (χ1n) is 5.20. The molecule has 0 unspecified atom stereocenters. The van der Waals surface area contributed by atoms with Crippen LogP contribution in [0.3, 0.4) is 0 Å². The summed E-state index contributed by atoms with van der Waals surface area (Å²) in [5.74, 6) is -0.584. The summed E-state index contributed by atoms with van der Waals surface area (Å²) >= 11 is 6.92. The lowest BCUT2D eigenvalue weighted by Gasteiger charge is -1.99. The molecule has 2 rings (SSSR count). The Morgan fingerprint density at radius 3 is 3.06 bits per heavy atom. The zero-order chi connectivity index (χ0) is 13.1. The fraction of sp³-hybridized carbons (Fsp3) is 0.182. The van der Waals surface area contributed by atoms with E-state index in [2.05, 4.69) is 5.10 Å². The number of halogens is 1. The van der Waals surface area contributed by atoms with Gasteiger partial charge < -0.3 is 4.74 Å². The number of nitrogens with one attached hydrogen (secondary N) is 1. The van der Waals surface area contributed by atoms with E-state index in [-0.39, 0.29) is 17.0 Å². The summed E-state index contributed by atoms with van der Waals surface area (Å²) in [5.41, 5.74) is 0.721. The van der Waals surface area contributed by atoms with Crippen molar-refractivity contribution in [3.05, 3.63) is 39.7 Å². The van der Waals surface area contributed by atoms with Crippen molar-refractivity contribution in [3.8, 4) is 5.69 Å². The van der Waals surface area contributed by atoms with Gasteiger partial charge in [0, 0.05) is 5.02 Å². The van der Waals surface area contributed by atoms with E-state index in [0.29, 0.717) is 10.7 Å². The van der Waals surface area contributed by atoms with Crippen LogP contribution in [0.4, 0.5) is 0 Å². The monoisotopic (exact) mass is 283 g/mol. The third-order valence-electron chi connectivity index (χ3n) is 2.08. The van der Waals surface area contributed by atoms with Gasteiger partial charge in [-0.1, -0.05) is 17.7 Å². The minimum atomic E-state index is -0.584. The van der Waals surface area contributed by atoms with Gasteiger partial charge in [0.25, 0.3) is 0 Å². The molecule has 5 nitrogen and oxygen atoms in total. The number of carbonyl (C=O) groups is 1. The van der Waals surface area contributed by atoms with Crippen LogP contribution >= 0.6 is 23.1 Å². The average Bonchev–Trinajstić information content (AvgIpc) is 2.72. The summed E-state index contributed by atoms with van der Waals surface area (Å²) in [6.07, 6.45) is 0. The molecule has 18 heavy (non-hydrogen) atoms. The smallest absolute Gasteiger partial charge is 0.362 e. The molecule has 0 aliphatic rings. The molecular weight excluding hydrogens is 274 g/mol. The first-order chi connectivity index (χ1) is 8.61. The van der Waals surface area contributed by atoms with Crippen molar-refractivity contribution in [2.75, 3.05) is 6.61 Å². The first-order valence-corrected chi connectivity index (χ1v) is 6.35. The Balaban J connectivity index is 2.40. The Bertz CT molecular complexity index is 635. The minimum Gasteiger partial charge on any atom is -0.461 e. The van der Waals surface area contributed by atoms with Crippen LogP contribution in [0.25, 0.3) is 5.69 Å². The first kappa shape index (κ1) is 12.8. The standard InChI is InChI=1S/C11H10ClN3O2S/c1-2-17-11(16)9-10(13)18-15(14-9)8-5-3-4-7(12)6-8/h3-6,13H,2H2,1H3. The second-order valence-electron chi connectivity index (χ2n) is 3.34. The molecule has 0 aliphatic heterocycles. The number of benzene rings is 1. The lowest BCUT2D eigenvalue weighted by molar-refractivity contribution is 0.0517. The summed E-state index contributed by atoms with van der Waals surface area (Å²) in [5, 5.41) is 12.3. The fourth-order valence-electron chi connectivity index (χ4n) is 1.32. The van der Waals surface area contributed by atoms with Gasteiger partial charge in [0.05, 0.1) is 12.3 Å². The van der Waals surface area contributed by atoms with Gasteiger partial charge in [-0.2, -0.15) is 4.07 Å². The van der Waals surface area contributed by atoms with Crippen molar-refractivity contribution in [1.82, 2.24) is 9.17 Å². The van der Waals surface area contributed by atoms with E-state index in [9.17, 15) is 4.79 Å². The van der Waals surface area contributed by atoms with Gasteiger partial charge in [-0.15, -0.1) is 5.10 Å². The molecule has 1 aromatic carbocycles. The predicted molar refractivity (Wildman–Crippen MR) is 68.3 cm³/mol. The summed E-state index contributed by atoms with van der Waals surface area (Å²) in [7, 11) is 0. The third-order valence-corrected chi connectivity index (χ3v) is 3.16. The number of rotatable bonds is 3. The van der Waals surface area contributed by atoms with Crippen LogP contribution in [0.5, 0.6) is 0 Å². The van der Waals surface area contributed by atoms with Crippen LogP contribution in [0.15, 0.2) is 24.3 Å². The molecule has 2 aromatic rings. The highest BCUT2D eigenvalue weighted by Gasteiger charge is 2.15. The molecule has 0 radical (unpaired) electrons. The van der Waals surface area contributed by atoms with E-state index in [4.69, 9.17) is 21.7 Å². The van der Waals surface area contributed by atoms with Crippen LogP contribution in [0, 0.1) is 5.41 Å². The van der Waals surface area contributed by atoms with E-state index in [1.54, 1.807) is 31.2 Å². The fourth-order valence-corrected chi connectivity index (χ4v) is 2.23. The number of hydrogen-bond acceptors (Lipinski definition) is 5. The second kappa shape index (κ2) is 5.32. The van der Waals surface area contributed by atoms with Crippen LogP contribution in [-0.2, 0) is 4.74 Å². The maximum atomic E-state index is 11.5. The predicted octanol–water partition coefficient (Wildman–Crippen LogP) is 2.24. The van der Waals surface area contributed by atoms with Gasteiger partial charge in [-0.3, -0.25) is 5.41 Å². The highest BCUT2D eigenvalue weighted by atomic mass is 35.5. The lowest BCUT2D eigenvalue weighted by Crippen LogP contribution is -2.13. The summed E-state index contributed by atoms with van der Waals surface area (Å²) in [6.45, 7) is 1.96. The molecule has 94 valence electrons. The van der Waals surface area contributed by atoms with E-state index in [1.165, 1.54) is 4.07 Å². The van der Waals surface area contributed by atoms with Crippen LogP contribution in [-0.4, -0.2) is 21.7 Å². The quantitative estimate of drug-likeness (QED) is 0.879. The Morgan fingerprint density at radius 2 is 2.39 bits per heavy atom. The van der Waals surface area contributed by atoms with Crippen LogP contribution in [0.1, 0.15) is 17.4 Å². The van der Waals surface area contributed by atoms with Gasteiger partial charge >= 0.3 is 5.97 Å². The Morgan fingerprint density at radius 1 is 1.61 bits per heavy atom. The number of hydrogen-bond donors (Lipinski definition) is 1.